The number of halogens is 2. The lowest BCUT2D eigenvalue weighted by Gasteiger charge is -2.13. The highest BCUT2D eigenvalue weighted by atomic mass is 32.2. The summed E-state index contributed by atoms with van der Waals surface area (Å²) in [5, 5.41) is 0. The van der Waals surface area contributed by atoms with Crippen LogP contribution in [0.1, 0.15) is 0 Å². The number of benzene rings is 2. The van der Waals surface area contributed by atoms with Gasteiger partial charge in [-0.3, -0.25) is 4.72 Å². The summed E-state index contributed by atoms with van der Waals surface area (Å²) in [4.78, 5) is -0.0197. The van der Waals surface area contributed by atoms with Gasteiger partial charge in [0.05, 0.1) is 24.3 Å². The van der Waals surface area contributed by atoms with Gasteiger partial charge in [0.25, 0.3) is 10.0 Å². The minimum atomic E-state index is -3.93. The first-order chi connectivity index (χ1) is 12.9. The fourth-order valence-electron chi connectivity index (χ4n) is 2.10. The molecule has 0 bridgehead atoms. The highest BCUT2D eigenvalue weighted by molar-refractivity contribution is 7.92. The Morgan fingerprint density at radius 3 is 2.30 bits per heavy atom. The molecule has 0 spiro atoms. The number of rotatable bonds is 10. The lowest BCUT2D eigenvalue weighted by molar-refractivity contribution is -0.0511. The number of anilines is 1. The van der Waals surface area contributed by atoms with Crippen LogP contribution in [0.4, 0.5) is 14.5 Å². The summed E-state index contributed by atoms with van der Waals surface area (Å²) in [7, 11) is -1.11. The summed E-state index contributed by atoms with van der Waals surface area (Å²) in [5.41, 5.74) is 0.0480. The van der Waals surface area contributed by atoms with Gasteiger partial charge in [-0.2, -0.15) is 8.78 Å². The molecule has 0 amide bonds. The Balaban J connectivity index is 2.15. The van der Waals surface area contributed by atoms with Gasteiger partial charge in [-0.15, -0.1) is 0 Å². The minimum absolute atomic E-state index is 0.0197. The number of methoxy groups -OCH3 is 2. The maximum absolute atomic E-state index is 12.5. The number of nitrogens with one attached hydrogen (secondary N) is 1. The van der Waals surface area contributed by atoms with Crippen molar-refractivity contribution < 1.29 is 36.1 Å². The first-order valence-electron chi connectivity index (χ1n) is 7.73. The lowest BCUT2D eigenvalue weighted by Crippen LogP contribution is -2.13. The summed E-state index contributed by atoms with van der Waals surface area (Å²) in [6.07, 6.45) is 0. The molecule has 0 heterocycles. The first kappa shape index (κ1) is 20.7. The van der Waals surface area contributed by atoms with Gasteiger partial charge >= 0.3 is 6.61 Å². The zero-order valence-electron chi connectivity index (χ0n) is 14.6. The maximum atomic E-state index is 12.5. The van der Waals surface area contributed by atoms with E-state index < -0.39 is 16.6 Å². The van der Waals surface area contributed by atoms with E-state index in [4.69, 9.17) is 14.2 Å². The van der Waals surface area contributed by atoms with Gasteiger partial charge in [-0.1, -0.05) is 0 Å². The molecule has 148 valence electrons. The second kappa shape index (κ2) is 9.38. The van der Waals surface area contributed by atoms with Crippen molar-refractivity contribution in [2.75, 3.05) is 32.2 Å². The fraction of sp³-hybridized carbons (Fsp3) is 0.294. The highest BCUT2D eigenvalue weighted by Crippen LogP contribution is 2.32. The summed E-state index contributed by atoms with van der Waals surface area (Å²) >= 11 is 0. The van der Waals surface area contributed by atoms with Crippen LogP contribution in [0.3, 0.4) is 0 Å². The van der Waals surface area contributed by atoms with Gasteiger partial charge in [0.1, 0.15) is 12.4 Å². The predicted molar refractivity (Wildman–Crippen MR) is 94.2 cm³/mol. The van der Waals surface area contributed by atoms with Gasteiger partial charge in [0.2, 0.25) is 0 Å². The van der Waals surface area contributed by atoms with E-state index >= 15 is 0 Å². The van der Waals surface area contributed by atoms with Gasteiger partial charge in [-0.25, -0.2) is 8.42 Å². The Bertz CT molecular complexity index is 843. The Morgan fingerprint density at radius 2 is 1.70 bits per heavy atom. The number of ether oxygens (including phenoxy) is 4. The van der Waals surface area contributed by atoms with Crippen LogP contribution < -0.4 is 18.9 Å². The van der Waals surface area contributed by atoms with Crippen LogP contribution in [0.15, 0.2) is 47.4 Å². The van der Waals surface area contributed by atoms with Gasteiger partial charge in [0.15, 0.2) is 11.5 Å². The van der Waals surface area contributed by atoms with E-state index in [0.717, 1.165) is 6.07 Å². The number of sulfonamides is 1. The number of hydrogen-bond acceptors (Lipinski definition) is 6. The molecule has 0 aliphatic heterocycles. The van der Waals surface area contributed by atoms with E-state index in [1.54, 1.807) is 7.11 Å². The van der Waals surface area contributed by atoms with Crippen LogP contribution in [-0.4, -0.2) is 42.5 Å². The molecule has 7 nitrogen and oxygen atoms in total. The van der Waals surface area contributed by atoms with E-state index in [-0.39, 0.29) is 22.1 Å². The van der Waals surface area contributed by atoms with E-state index in [2.05, 4.69) is 9.46 Å². The third-order valence-corrected chi connectivity index (χ3v) is 4.72. The zero-order chi connectivity index (χ0) is 19.9. The maximum Gasteiger partial charge on any atom is 0.387 e. The van der Waals surface area contributed by atoms with Crippen molar-refractivity contribution in [1.29, 1.82) is 0 Å². The second-order valence-electron chi connectivity index (χ2n) is 5.16. The summed E-state index contributed by atoms with van der Waals surface area (Å²) < 4.78 is 71.7. The SMILES string of the molecule is COCCOc1ccc(S(=O)(=O)Nc2ccc(OC)c(OC(F)F)c2)cc1. The molecule has 1 N–H and O–H groups in total. The Hall–Kier alpha value is -2.59. The molecule has 2 aromatic carbocycles. The smallest absolute Gasteiger partial charge is 0.387 e. The van der Waals surface area contributed by atoms with Crippen molar-refractivity contribution >= 4 is 15.7 Å². The largest absolute Gasteiger partial charge is 0.493 e. The van der Waals surface area contributed by atoms with E-state index in [1.807, 2.05) is 0 Å². The van der Waals surface area contributed by atoms with Crippen LogP contribution >= 0.6 is 0 Å². The molecule has 0 aromatic heterocycles. The highest BCUT2D eigenvalue weighted by Gasteiger charge is 2.17. The van der Waals surface area contributed by atoms with Crippen LogP contribution in [0, 0.1) is 0 Å². The third kappa shape index (κ3) is 5.97. The molecule has 10 heteroatoms. The Morgan fingerprint density at radius 1 is 1.00 bits per heavy atom. The molecule has 0 atom stereocenters. The summed E-state index contributed by atoms with van der Waals surface area (Å²) in [5.74, 6) is 0.258. The van der Waals surface area contributed by atoms with Crippen molar-refractivity contribution in [2.45, 2.75) is 11.5 Å². The molecular formula is C17H19F2NO6S. The normalized spacial score (nSPS) is 11.3. The summed E-state index contributed by atoms with van der Waals surface area (Å²) in [6.45, 7) is -2.33. The second-order valence-corrected chi connectivity index (χ2v) is 6.84. The molecule has 0 saturated carbocycles. The van der Waals surface area contributed by atoms with Gasteiger partial charge in [0, 0.05) is 13.2 Å². The van der Waals surface area contributed by atoms with E-state index in [0.29, 0.717) is 19.0 Å². The Kier molecular flexibility index (Phi) is 7.19. The molecule has 2 rings (SSSR count). The monoisotopic (exact) mass is 403 g/mol. The van der Waals surface area contributed by atoms with Crippen LogP contribution in [0.25, 0.3) is 0 Å². The van der Waals surface area contributed by atoms with Crippen molar-refractivity contribution in [3.63, 3.8) is 0 Å². The molecule has 2 aromatic rings. The fourth-order valence-corrected chi connectivity index (χ4v) is 3.15. The van der Waals surface area contributed by atoms with Crippen molar-refractivity contribution in [1.82, 2.24) is 0 Å². The average molecular weight is 403 g/mol. The Labute approximate surface area is 155 Å². The average Bonchev–Trinajstić information content (AvgIpc) is 2.62. The number of alkyl halides is 2. The molecule has 0 unspecified atom stereocenters. The van der Waals surface area contributed by atoms with Gasteiger partial charge < -0.3 is 18.9 Å². The van der Waals surface area contributed by atoms with Gasteiger partial charge in [-0.05, 0) is 36.4 Å². The molecular weight excluding hydrogens is 384 g/mol. The van der Waals surface area contributed by atoms with Crippen molar-refractivity contribution in [2.24, 2.45) is 0 Å². The van der Waals surface area contributed by atoms with Crippen molar-refractivity contribution in [3.05, 3.63) is 42.5 Å². The van der Waals surface area contributed by atoms with Crippen LogP contribution in [-0.2, 0) is 14.8 Å². The van der Waals surface area contributed by atoms with E-state index in [1.165, 1.54) is 43.5 Å². The molecule has 0 aliphatic rings. The quantitative estimate of drug-likeness (QED) is 0.614. The van der Waals surface area contributed by atoms with Crippen LogP contribution in [0.5, 0.6) is 17.2 Å². The summed E-state index contributed by atoms with van der Waals surface area (Å²) in [6, 6.07) is 9.55. The minimum Gasteiger partial charge on any atom is -0.493 e. The molecule has 0 fully saturated rings. The molecule has 0 aliphatic carbocycles. The predicted octanol–water partition coefficient (Wildman–Crippen LogP) is 3.12. The first-order valence-corrected chi connectivity index (χ1v) is 9.21. The lowest BCUT2D eigenvalue weighted by atomic mass is 10.3. The molecule has 27 heavy (non-hydrogen) atoms. The third-order valence-electron chi connectivity index (χ3n) is 3.32. The van der Waals surface area contributed by atoms with Crippen LogP contribution in [0.2, 0.25) is 0 Å². The standard InChI is InChI=1S/C17H19F2NO6S/c1-23-9-10-25-13-4-6-14(7-5-13)27(21,22)20-12-3-8-15(24-2)16(11-12)26-17(18)19/h3-8,11,17,20H,9-10H2,1-2H3. The molecule has 0 radical (unpaired) electrons. The van der Waals surface area contributed by atoms with E-state index in [9.17, 15) is 17.2 Å². The molecule has 0 saturated heterocycles. The topological polar surface area (TPSA) is 83.1 Å². The zero-order valence-corrected chi connectivity index (χ0v) is 15.5. The number of hydrogen-bond donors (Lipinski definition) is 1. The van der Waals surface area contributed by atoms with Crippen molar-refractivity contribution in [3.8, 4) is 17.2 Å².